The Hall–Kier alpha value is -2.04. The SMILES string of the molecule is Cc1cccc(NC(C(N)=O)C(N)=O)c1. The van der Waals surface area contributed by atoms with Crippen LogP contribution < -0.4 is 16.8 Å². The number of hydrogen-bond acceptors (Lipinski definition) is 3. The van der Waals surface area contributed by atoms with Gasteiger partial charge >= 0.3 is 0 Å². The van der Waals surface area contributed by atoms with E-state index in [4.69, 9.17) is 11.5 Å². The topological polar surface area (TPSA) is 98.2 Å². The molecule has 5 heteroatoms. The second-order valence-corrected chi connectivity index (χ2v) is 3.25. The molecule has 0 aromatic heterocycles. The van der Waals surface area contributed by atoms with Crippen molar-refractivity contribution in [3.63, 3.8) is 0 Å². The Bertz CT molecular complexity index is 376. The molecule has 0 heterocycles. The highest BCUT2D eigenvalue weighted by Gasteiger charge is 2.20. The van der Waals surface area contributed by atoms with Crippen molar-refractivity contribution in [3.8, 4) is 0 Å². The minimum Gasteiger partial charge on any atom is -0.367 e. The molecule has 0 radical (unpaired) electrons. The lowest BCUT2D eigenvalue weighted by Gasteiger charge is -2.13. The molecule has 0 aliphatic rings. The van der Waals surface area contributed by atoms with Gasteiger partial charge in [-0.3, -0.25) is 9.59 Å². The number of carbonyl (C=O) groups excluding carboxylic acids is 2. The normalized spacial score (nSPS) is 10.0. The first-order valence-electron chi connectivity index (χ1n) is 4.42. The summed E-state index contributed by atoms with van der Waals surface area (Å²) in [5.74, 6) is -1.58. The fourth-order valence-electron chi connectivity index (χ4n) is 1.18. The maximum Gasteiger partial charge on any atom is 0.249 e. The standard InChI is InChI=1S/C10H13N3O2/c1-6-3-2-4-7(5-6)13-8(9(11)14)10(12)15/h2-5,8,13H,1H3,(H2,11,14)(H2,12,15). The van der Waals surface area contributed by atoms with Gasteiger partial charge in [0.15, 0.2) is 6.04 Å². The summed E-state index contributed by atoms with van der Waals surface area (Å²) in [5.41, 5.74) is 11.7. The highest BCUT2D eigenvalue weighted by molar-refractivity contribution is 6.05. The Morgan fingerprint density at radius 3 is 2.33 bits per heavy atom. The molecule has 0 fully saturated rings. The first-order chi connectivity index (χ1) is 7.00. The summed E-state index contributed by atoms with van der Waals surface area (Å²) in [4.78, 5) is 21.8. The van der Waals surface area contributed by atoms with Crippen LogP contribution in [0, 0.1) is 6.92 Å². The number of benzene rings is 1. The molecule has 2 amide bonds. The number of aryl methyl sites for hydroxylation is 1. The molecular formula is C10H13N3O2. The third kappa shape index (κ3) is 2.98. The molecule has 0 saturated heterocycles. The molecule has 0 aliphatic carbocycles. The molecule has 0 bridgehead atoms. The van der Waals surface area contributed by atoms with Gasteiger partial charge in [0.1, 0.15) is 0 Å². The van der Waals surface area contributed by atoms with Crippen LogP contribution in [-0.4, -0.2) is 17.9 Å². The Balaban J connectivity index is 2.83. The largest absolute Gasteiger partial charge is 0.367 e. The third-order valence-electron chi connectivity index (χ3n) is 1.90. The molecule has 80 valence electrons. The van der Waals surface area contributed by atoms with Gasteiger partial charge in [0, 0.05) is 5.69 Å². The molecule has 0 spiro atoms. The Labute approximate surface area is 87.4 Å². The van der Waals surface area contributed by atoms with Gasteiger partial charge in [-0.1, -0.05) is 12.1 Å². The van der Waals surface area contributed by atoms with E-state index in [2.05, 4.69) is 5.32 Å². The summed E-state index contributed by atoms with van der Waals surface area (Å²) in [6, 6.07) is 6.04. The molecule has 1 aromatic rings. The van der Waals surface area contributed by atoms with Gasteiger partial charge in [-0.2, -0.15) is 0 Å². The first kappa shape index (κ1) is 11.0. The van der Waals surface area contributed by atoms with Crippen molar-refractivity contribution in [2.45, 2.75) is 13.0 Å². The number of primary amides is 2. The minimum atomic E-state index is -1.17. The van der Waals surface area contributed by atoms with E-state index in [-0.39, 0.29) is 0 Å². The van der Waals surface area contributed by atoms with Crippen LogP contribution in [0.3, 0.4) is 0 Å². The van der Waals surface area contributed by atoms with Crippen molar-refractivity contribution in [1.29, 1.82) is 0 Å². The predicted molar refractivity (Wildman–Crippen MR) is 57.0 cm³/mol. The van der Waals surface area contributed by atoms with Crippen LogP contribution in [0.5, 0.6) is 0 Å². The smallest absolute Gasteiger partial charge is 0.249 e. The lowest BCUT2D eigenvalue weighted by molar-refractivity contribution is -0.126. The average Bonchev–Trinajstić information content (AvgIpc) is 2.13. The number of nitrogens with one attached hydrogen (secondary N) is 1. The molecule has 1 rings (SSSR count). The molecule has 0 saturated carbocycles. The number of carbonyl (C=O) groups is 2. The maximum absolute atomic E-state index is 10.9. The molecule has 5 nitrogen and oxygen atoms in total. The minimum absolute atomic E-state index is 0.637. The van der Waals surface area contributed by atoms with Crippen LogP contribution in [0.15, 0.2) is 24.3 Å². The summed E-state index contributed by atoms with van der Waals surface area (Å²) in [7, 11) is 0. The molecular weight excluding hydrogens is 194 g/mol. The van der Waals surface area contributed by atoms with E-state index >= 15 is 0 Å². The van der Waals surface area contributed by atoms with Crippen molar-refractivity contribution in [1.82, 2.24) is 0 Å². The van der Waals surface area contributed by atoms with Crippen LogP contribution in [0.25, 0.3) is 0 Å². The fraction of sp³-hybridized carbons (Fsp3) is 0.200. The van der Waals surface area contributed by atoms with Gasteiger partial charge in [-0.15, -0.1) is 0 Å². The van der Waals surface area contributed by atoms with Crippen molar-refractivity contribution in [2.24, 2.45) is 11.5 Å². The number of rotatable bonds is 4. The third-order valence-corrected chi connectivity index (χ3v) is 1.90. The summed E-state index contributed by atoms with van der Waals surface area (Å²) >= 11 is 0. The highest BCUT2D eigenvalue weighted by atomic mass is 16.2. The second-order valence-electron chi connectivity index (χ2n) is 3.25. The first-order valence-corrected chi connectivity index (χ1v) is 4.42. The van der Waals surface area contributed by atoms with E-state index in [9.17, 15) is 9.59 Å². The van der Waals surface area contributed by atoms with Crippen molar-refractivity contribution < 1.29 is 9.59 Å². The van der Waals surface area contributed by atoms with Crippen molar-refractivity contribution >= 4 is 17.5 Å². The zero-order valence-electron chi connectivity index (χ0n) is 8.36. The van der Waals surface area contributed by atoms with Gasteiger partial charge < -0.3 is 16.8 Å². The van der Waals surface area contributed by atoms with Crippen LogP contribution in [0.1, 0.15) is 5.56 Å². The van der Waals surface area contributed by atoms with Crippen LogP contribution in [0.2, 0.25) is 0 Å². The number of nitrogens with two attached hydrogens (primary N) is 2. The Morgan fingerprint density at radius 1 is 1.27 bits per heavy atom. The average molecular weight is 207 g/mol. The predicted octanol–water partition coefficient (Wildman–Crippen LogP) is -0.254. The monoisotopic (exact) mass is 207 g/mol. The summed E-state index contributed by atoms with van der Waals surface area (Å²) in [6.45, 7) is 1.90. The van der Waals surface area contributed by atoms with Crippen LogP contribution >= 0.6 is 0 Å². The van der Waals surface area contributed by atoms with Crippen molar-refractivity contribution in [2.75, 3.05) is 5.32 Å². The number of anilines is 1. The maximum atomic E-state index is 10.9. The summed E-state index contributed by atoms with van der Waals surface area (Å²) in [5, 5.41) is 2.67. The number of amides is 2. The highest BCUT2D eigenvalue weighted by Crippen LogP contribution is 2.10. The van der Waals surface area contributed by atoms with Gasteiger partial charge in [0.25, 0.3) is 0 Å². The van der Waals surface area contributed by atoms with E-state index in [0.29, 0.717) is 5.69 Å². The van der Waals surface area contributed by atoms with Crippen molar-refractivity contribution in [3.05, 3.63) is 29.8 Å². The van der Waals surface area contributed by atoms with Gasteiger partial charge in [-0.25, -0.2) is 0 Å². The molecule has 15 heavy (non-hydrogen) atoms. The van der Waals surface area contributed by atoms with Gasteiger partial charge in [0.05, 0.1) is 0 Å². The molecule has 0 atom stereocenters. The van der Waals surface area contributed by atoms with E-state index in [1.165, 1.54) is 0 Å². The zero-order valence-corrected chi connectivity index (χ0v) is 8.36. The van der Waals surface area contributed by atoms with E-state index < -0.39 is 17.9 Å². The van der Waals surface area contributed by atoms with E-state index in [0.717, 1.165) is 5.56 Å². The molecule has 0 unspecified atom stereocenters. The fourth-order valence-corrected chi connectivity index (χ4v) is 1.18. The van der Waals surface area contributed by atoms with Gasteiger partial charge in [-0.05, 0) is 24.6 Å². The van der Waals surface area contributed by atoms with Gasteiger partial charge in [0.2, 0.25) is 11.8 Å². The summed E-state index contributed by atoms with van der Waals surface area (Å²) in [6.07, 6.45) is 0. The van der Waals surface area contributed by atoms with Crippen LogP contribution in [0.4, 0.5) is 5.69 Å². The Kier molecular flexibility index (Phi) is 3.28. The lowest BCUT2D eigenvalue weighted by Crippen LogP contribution is -2.45. The lowest BCUT2D eigenvalue weighted by atomic mass is 10.2. The molecule has 1 aromatic carbocycles. The Morgan fingerprint density at radius 2 is 1.87 bits per heavy atom. The van der Waals surface area contributed by atoms with Crippen LogP contribution in [-0.2, 0) is 9.59 Å². The van der Waals surface area contributed by atoms with E-state index in [1.807, 2.05) is 13.0 Å². The molecule has 5 N–H and O–H groups in total. The summed E-state index contributed by atoms with van der Waals surface area (Å²) < 4.78 is 0. The molecule has 0 aliphatic heterocycles. The second kappa shape index (κ2) is 4.45. The zero-order chi connectivity index (χ0) is 11.4. The number of hydrogen-bond donors (Lipinski definition) is 3. The van der Waals surface area contributed by atoms with E-state index in [1.54, 1.807) is 18.2 Å². The quantitative estimate of drug-likeness (QED) is 0.593.